The van der Waals surface area contributed by atoms with E-state index in [1.165, 1.54) is 50.6 Å². The van der Waals surface area contributed by atoms with Crippen molar-refractivity contribution >= 4 is 11.8 Å². The van der Waals surface area contributed by atoms with Crippen molar-refractivity contribution in [3.05, 3.63) is 77.2 Å². The number of hydrogen-bond acceptors (Lipinski definition) is 3. The van der Waals surface area contributed by atoms with Gasteiger partial charge in [-0.2, -0.15) is 5.26 Å². The average molecular weight is 431 g/mol. The van der Waals surface area contributed by atoms with Gasteiger partial charge < -0.3 is 14.7 Å². The standard InChI is InChI=1S/C27H34N4O/c1-3-5-6-7-8-9-10-11-12-14-21-16-17-22(30-21)19-25-27(32-4-2)23(20-28)26(31-25)24-15-13-18-29-24/h3,13,15-19,29-30H,1,4-12,14H2,2H3. The van der Waals surface area contributed by atoms with Crippen LogP contribution in [0.2, 0.25) is 0 Å². The van der Waals surface area contributed by atoms with Gasteiger partial charge >= 0.3 is 0 Å². The molecule has 0 saturated heterocycles. The summed E-state index contributed by atoms with van der Waals surface area (Å²) in [4.78, 5) is 11.3. The van der Waals surface area contributed by atoms with Gasteiger partial charge in [0.1, 0.15) is 23.1 Å². The molecule has 0 aliphatic carbocycles. The fourth-order valence-electron chi connectivity index (χ4n) is 3.95. The molecule has 5 nitrogen and oxygen atoms in total. The average Bonchev–Trinajstić information content (AvgIpc) is 3.54. The summed E-state index contributed by atoms with van der Waals surface area (Å²) in [6.07, 6.45) is 17.0. The quantitative estimate of drug-likeness (QED) is 0.254. The first-order valence-electron chi connectivity index (χ1n) is 11.8. The van der Waals surface area contributed by atoms with Crippen LogP contribution in [0, 0.1) is 11.3 Å². The molecule has 0 amide bonds. The van der Waals surface area contributed by atoms with Crippen LogP contribution in [0.15, 0.2) is 65.1 Å². The van der Waals surface area contributed by atoms with Crippen molar-refractivity contribution in [3.8, 4) is 6.07 Å². The van der Waals surface area contributed by atoms with Gasteiger partial charge in [0.2, 0.25) is 0 Å². The largest absolute Gasteiger partial charge is 0.490 e. The number of aromatic nitrogens is 2. The smallest absolute Gasteiger partial charge is 0.165 e. The summed E-state index contributed by atoms with van der Waals surface area (Å²) >= 11 is 0. The molecule has 0 aromatic carbocycles. The predicted octanol–water partition coefficient (Wildman–Crippen LogP) is 6.85. The van der Waals surface area contributed by atoms with Gasteiger partial charge in [-0.05, 0) is 62.9 Å². The van der Waals surface area contributed by atoms with E-state index in [4.69, 9.17) is 9.73 Å². The Morgan fingerprint density at radius 1 is 1.09 bits per heavy atom. The van der Waals surface area contributed by atoms with Crippen LogP contribution in [-0.2, 0) is 11.2 Å². The molecule has 168 valence electrons. The molecule has 0 bridgehead atoms. The molecule has 0 fully saturated rings. The van der Waals surface area contributed by atoms with Crippen LogP contribution in [0.1, 0.15) is 75.4 Å². The van der Waals surface area contributed by atoms with E-state index in [0.29, 0.717) is 29.3 Å². The normalized spacial score (nSPS) is 14.6. The number of nitriles is 1. The zero-order valence-corrected chi connectivity index (χ0v) is 19.1. The minimum absolute atomic E-state index is 0.469. The minimum atomic E-state index is 0.469. The van der Waals surface area contributed by atoms with E-state index < -0.39 is 0 Å². The number of nitrogens with zero attached hydrogens (tertiary/aromatic N) is 2. The maximum absolute atomic E-state index is 9.71. The van der Waals surface area contributed by atoms with Crippen LogP contribution < -0.4 is 0 Å². The number of aliphatic imine (C=N–C) groups is 1. The number of allylic oxidation sites excluding steroid dienone is 2. The summed E-state index contributed by atoms with van der Waals surface area (Å²) in [5.41, 5.74) is 4.80. The van der Waals surface area contributed by atoms with Gasteiger partial charge in [-0.15, -0.1) is 6.58 Å². The van der Waals surface area contributed by atoms with Crippen LogP contribution in [0.3, 0.4) is 0 Å². The third kappa shape index (κ3) is 6.37. The molecule has 0 spiro atoms. The van der Waals surface area contributed by atoms with Gasteiger partial charge in [-0.3, -0.25) is 0 Å². The Balaban J connectivity index is 1.57. The van der Waals surface area contributed by atoms with Crippen molar-refractivity contribution in [3.63, 3.8) is 0 Å². The number of aromatic amines is 2. The third-order valence-electron chi connectivity index (χ3n) is 5.60. The van der Waals surface area contributed by atoms with Crippen LogP contribution in [0.5, 0.6) is 0 Å². The molecule has 3 heterocycles. The van der Waals surface area contributed by atoms with E-state index in [2.05, 4.69) is 34.7 Å². The first kappa shape index (κ1) is 23.4. The molecule has 3 rings (SSSR count). The van der Waals surface area contributed by atoms with E-state index in [1.54, 1.807) is 0 Å². The third-order valence-corrected chi connectivity index (χ3v) is 5.60. The van der Waals surface area contributed by atoms with Crippen LogP contribution in [0.25, 0.3) is 6.08 Å². The zero-order chi connectivity index (χ0) is 22.6. The van der Waals surface area contributed by atoms with Gasteiger partial charge in [-0.25, -0.2) is 4.99 Å². The lowest BCUT2D eigenvalue weighted by Crippen LogP contribution is -2.03. The zero-order valence-electron chi connectivity index (χ0n) is 19.1. The fourth-order valence-corrected chi connectivity index (χ4v) is 3.95. The van der Waals surface area contributed by atoms with Gasteiger partial charge in [0.05, 0.1) is 12.3 Å². The van der Waals surface area contributed by atoms with Crippen molar-refractivity contribution in [2.75, 3.05) is 6.61 Å². The molecule has 0 atom stereocenters. The first-order chi connectivity index (χ1) is 15.8. The van der Waals surface area contributed by atoms with Gasteiger partial charge in [0.15, 0.2) is 5.76 Å². The highest BCUT2D eigenvalue weighted by Gasteiger charge is 2.27. The summed E-state index contributed by atoms with van der Waals surface area (Å²) in [6.45, 7) is 6.17. The molecule has 0 unspecified atom stereocenters. The second-order valence-corrected chi connectivity index (χ2v) is 8.06. The molecule has 5 heteroatoms. The van der Waals surface area contributed by atoms with Crippen molar-refractivity contribution < 1.29 is 4.74 Å². The monoisotopic (exact) mass is 430 g/mol. The topological polar surface area (TPSA) is 77.0 Å². The Hall–Kier alpha value is -3.26. The Morgan fingerprint density at radius 2 is 1.88 bits per heavy atom. The molecular formula is C27H34N4O. The summed E-state index contributed by atoms with van der Waals surface area (Å²) in [6, 6.07) is 10.3. The molecule has 1 aliphatic heterocycles. The summed E-state index contributed by atoms with van der Waals surface area (Å²) < 4.78 is 5.80. The van der Waals surface area contributed by atoms with E-state index in [0.717, 1.165) is 24.2 Å². The Morgan fingerprint density at radius 3 is 2.56 bits per heavy atom. The lowest BCUT2D eigenvalue weighted by Gasteiger charge is -2.05. The number of H-pyrrole nitrogens is 2. The van der Waals surface area contributed by atoms with Crippen molar-refractivity contribution in [1.82, 2.24) is 9.97 Å². The van der Waals surface area contributed by atoms with E-state index >= 15 is 0 Å². The molecule has 0 radical (unpaired) electrons. The molecule has 1 aliphatic rings. The highest BCUT2D eigenvalue weighted by atomic mass is 16.5. The Bertz CT molecular complexity index is 999. The maximum Gasteiger partial charge on any atom is 0.165 e. The van der Waals surface area contributed by atoms with Gasteiger partial charge in [0, 0.05) is 17.6 Å². The first-order valence-corrected chi connectivity index (χ1v) is 11.8. The van der Waals surface area contributed by atoms with E-state index in [9.17, 15) is 5.26 Å². The summed E-state index contributed by atoms with van der Waals surface area (Å²) in [5.74, 6) is 0.545. The number of unbranched alkanes of at least 4 members (excludes halogenated alkanes) is 7. The number of nitrogens with one attached hydrogen (secondary N) is 2. The van der Waals surface area contributed by atoms with E-state index in [1.807, 2.05) is 37.4 Å². The van der Waals surface area contributed by atoms with Crippen LogP contribution in [0.4, 0.5) is 0 Å². The van der Waals surface area contributed by atoms with E-state index in [-0.39, 0.29) is 0 Å². The van der Waals surface area contributed by atoms with Crippen molar-refractivity contribution in [2.24, 2.45) is 4.99 Å². The minimum Gasteiger partial charge on any atom is -0.490 e. The second kappa shape index (κ2) is 12.6. The number of ether oxygens (including phenoxy) is 1. The Labute approximate surface area is 191 Å². The number of rotatable bonds is 14. The fraction of sp³-hybridized carbons (Fsp3) is 0.407. The lowest BCUT2D eigenvalue weighted by molar-refractivity contribution is 0.238. The molecular weight excluding hydrogens is 396 g/mol. The maximum atomic E-state index is 9.71. The molecule has 2 aromatic heterocycles. The van der Waals surface area contributed by atoms with Gasteiger partial charge in [0.25, 0.3) is 0 Å². The Kier molecular flexibility index (Phi) is 9.19. The summed E-state index contributed by atoms with van der Waals surface area (Å²) in [5, 5.41) is 9.71. The predicted molar refractivity (Wildman–Crippen MR) is 131 cm³/mol. The highest BCUT2D eigenvalue weighted by Crippen LogP contribution is 2.30. The SMILES string of the molecule is C=CCCCCCCCCCc1ccc(C=C2N=C(c3ccc[nH]3)C(C#N)=C2OCC)[nH]1. The number of hydrogen-bond donors (Lipinski definition) is 2. The second-order valence-electron chi connectivity index (χ2n) is 8.06. The van der Waals surface area contributed by atoms with Gasteiger partial charge in [-0.1, -0.05) is 38.2 Å². The molecule has 2 aromatic rings. The lowest BCUT2D eigenvalue weighted by atomic mass is 10.1. The van der Waals surface area contributed by atoms with Crippen molar-refractivity contribution in [1.29, 1.82) is 5.26 Å². The van der Waals surface area contributed by atoms with Crippen molar-refractivity contribution in [2.45, 2.75) is 64.7 Å². The van der Waals surface area contributed by atoms with Crippen LogP contribution >= 0.6 is 0 Å². The van der Waals surface area contributed by atoms with Crippen LogP contribution in [-0.4, -0.2) is 22.3 Å². The molecule has 0 saturated carbocycles. The summed E-state index contributed by atoms with van der Waals surface area (Å²) in [7, 11) is 0. The molecule has 32 heavy (non-hydrogen) atoms. The highest BCUT2D eigenvalue weighted by molar-refractivity contribution is 6.17. The number of aryl methyl sites for hydroxylation is 1. The molecule has 2 N–H and O–H groups in total.